The highest BCUT2D eigenvalue weighted by molar-refractivity contribution is 9.10. The smallest absolute Gasteiger partial charge is 0.137 e. The summed E-state index contributed by atoms with van der Waals surface area (Å²) in [5.74, 6) is -0.358. The van der Waals surface area contributed by atoms with E-state index in [0.29, 0.717) is 10.0 Å². The van der Waals surface area contributed by atoms with Gasteiger partial charge in [0, 0.05) is 0 Å². The summed E-state index contributed by atoms with van der Waals surface area (Å²) in [7, 11) is 0. The standard InChI is InChI=1S/C8H6BrFN2/c9-6-3-5(8(12)4-11)1-2-7(6)10/h1-3,8H,12H2/t8-/m0/s1. The lowest BCUT2D eigenvalue weighted by Crippen LogP contribution is -2.07. The molecule has 0 radical (unpaired) electrons. The molecule has 0 heterocycles. The Morgan fingerprint density at radius 1 is 1.58 bits per heavy atom. The van der Waals surface area contributed by atoms with Crippen LogP contribution in [0.1, 0.15) is 11.6 Å². The monoisotopic (exact) mass is 228 g/mol. The summed E-state index contributed by atoms with van der Waals surface area (Å²) in [5.41, 5.74) is 6.01. The molecule has 1 aromatic rings. The van der Waals surface area contributed by atoms with Gasteiger partial charge in [0.15, 0.2) is 0 Å². The first kappa shape index (κ1) is 9.17. The molecule has 1 aromatic carbocycles. The maximum atomic E-state index is 12.7. The van der Waals surface area contributed by atoms with Crippen LogP contribution >= 0.6 is 15.9 Å². The number of nitrogens with zero attached hydrogens (tertiary/aromatic N) is 1. The summed E-state index contributed by atoms with van der Waals surface area (Å²) in [6.45, 7) is 0. The van der Waals surface area contributed by atoms with E-state index in [2.05, 4.69) is 15.9 Å². The van der Waals surface area contributed by atoms with E-state index in [1.165, 1.54) is 18.2 Å². The van der Waals surface area contributed by atoms with Gasteiger partial charge in [0.25, 0.3) is 0 Å². The van der Waals surface area contributed by atoms with Crippen molar-refractivity contribution in [3.63, 3.8) is 0 Å². The number of rotatable bonds is 1. The van der Waals surface area contributed by atoms with E-state index in [1.54, 1.807) is 0 Å². The SMILES string of the molecule is N#C[C@H](N)c1ccc(F)c(Br)c1. The highest BCUT2D eigenvalue weighted by Gasteiger charge is 2.06. The Balaban J connectivity index is 3.06. The van der Waals surface area contributed by atoms with Gasteiger partial charge in [-0.15, -0.1) is 0 Å². The zero-order chi connectivity index (χ0) is 9.14. The highest BCUT2D eigenvalue weighted by Crippen LogP contribution is 2.19. The third kappa shape index (κ3) is 1.81. The molecule has 0 fully saturated rings. The number of benzene rings is 1. The molecule has 0 aliphatic heterocycles. The average molecular weight is 229 g/mol. The minimum absolute atomic E-state index is 0.325. The normalized spacial score (nSPS) is 12.2. The lowest BCUT2D eigenvalue weighted by Gasteiger charge is -2.03. The quantitative estimate of drug-likeness (QED) is 0.801. The second-order valence-electron chi connectivity index (χ2n) is 2.28. The Morgan fingerprint density at radius 2 is 2.25 bits per heavy atom. The molecule has 2 nitrogen and oxygen atoms in total. The molecule has 0 amide bonds. The van der Waals surface area contributed by atoms with Crippen LogP contribution in [-0.4, -0.2) is 0 Å². The first-order valence-electron chi connectivity index (χ1n) is 3.25. The van der Waals surface area contributed by atoms with Gasteiger partial charge in [-0.3, -0.25) is 0 Å². The molecule has 12 heavy (non-hydrogen) atoms. The van der Waals surface area contributed by atoms with E-state index >= 15 is 0 Å². The van der Waals surface area contributed by atoms with Gasteiger partial charge in [0.05, 0.1) is 10.5 Å². The van der Waals surface area contributed by atoms with Crippen LogP contribution in [0, 0.1) is 17.1 Å². The Labute approximate surface area is 77.9 Å². The molecule has 1 rings (SSSR count). The number of hydrogen-bond donors (Lipinski definition) is 1. The maximum absolute atomic E-state index is 12.7. The van der Waals surface area contributed by atoms with E-state index in [0.717, 1.165) is 0 Å². The zero-order valence-electron chi connectivity index (χ0n) is 6.09. The molecule has 62 valence electrons. The lowest BCUT2D eigenvalue weighted by molar-refractivity contribution is 0.620. The molecule has 0 saturated heterocycles. The van der Waals surface area contributed by atoms with Crippen molar-refractivity contribution in [3.8, 4) is 6.07 Å². The van der Waals surface area contributed by atoms with Crippen molar-refractivity contribution in [3.05, 3.63) is 34.1 Å². The van der Waals surface area contributed by atoms with Crippen molar-refractivity contribution < 1.29 is 4.39 Å². The van der Waals surface area contributed by atoms with E-state index in [4.69, 9.17) is 11.0 Å². The van der Waals surface area contributed by atoms with E-state index in [-0.39, 0.29) is 5.82 Å². The second-order valence-corrected chi connectivity index (χ2v) is 3.13. The Kier molecular flexibility index (Phi) is 2.79. The fourth-order valence-electron chi connectivity index (χ4n) is 0.780. The minimum Gasteiger partial charge on any atom is -0.312 e. The van der Waals surface area contributed by atoms with Crippen LogP contribution in [0.5, 0.6) is 0 Å². The van der Waals surface area contributed by atoms with Gasteiger partial charge in [0.2, 0.25) is 0 Å². The fourth-order valence-corrected chi connectivity index (χ4v) is 1.18. The van der Waals surface area contributed by atoms with Crippen molar-refractivity contribution in [2.75, 3.05) is 0 Å². The van der Waals surface area contributed by atoms with Gasteiger partial charge < -0.3 is 5.73 Å². The summed E-state index contributed by atoms with van der Waals surface area (Å²) >= 11 is 3.00. The van der Waals surface area contributed by atoms with Crippen molar-refractivity contribution in [2.24, 2.45) is 5.73 Å². The summed E-state index contributed by atoms with van der Waals surface area (Å²) in [4.78, 5) is 0. The van der Waals surface area contributed by atoms with Crippen LogP contribution in [0.4, 0.5) is 4.39 Å². The van der Waals surface area contributed by atoms with E-state index in [9.17, 15) is 4.39 Å². The Hall–Kier alpha value is -0.920. The molecule has 2 N–H and O–H groups in total. The van der Waals surface area contributed by atoms with Gasteiger partial charge in [-0.1, -0.05) is 6.07 Å². The number of halogens is 2. The maximum Gasteiger partial charge on any atom is 0.137 e. The summed E-state index contributed by atoms with van der Waals surface area (Å²) < 4.78 is 13.0. The van der Waals surface area contributed by atoms with Crippen LogP contribution in [-0.2, 0) is 0 Å². The van der Waals surface area contributed by atoms with Gasteiger partial charge in [0.1, 0.15) is 11.9 Å². The minimum atomic E-state index is -0.693. The summed E-state index contributed by atoms with van der Waals surface area (Å²) in [6, 6.07) is 5.44. The van der Waals surface area contributed by atoms with Crippen molar-refractivity contribution >= 4 is 15.9 Å². The number of hydrogen-bond acceptors (Lipinski definition) is 2. The van der Waals surface area contributed by atoms with Gasteiger partial charge >= 0.3 is 0 Å². The molecule has 0 saturated carbocycles. The van der Waals surface area contributed by atoms with E-state index < -0.39 is 6.04 Å². The Bertz CT molecular complexity index is 332. The second kappa shape index (κ2) is 3.65. The van der Waals surface area contributed by atoms with Gasteiger partial charge in [-0.25, -0.2) is 4.39 Å². The molecule has 1 atom stereocenters. The number of nitriles is 1. The van der Waals surface area contributed by atoms with Crippen molar-refractivity contribution in [2.45, 2.75) is 6.04 Å². The predicted octanol–water partition coefficient (Wildman–Crippen LogP) is 2.11. The molecule has 4 heteroatoms. The topological polar surface area (TPSA) is 49.8 Å². The molecular formula is C8H6BrFN2. The van der Waals surface area contributed by atoms with Crippen molar-refractivity contribution in [1.29, 1.82) is 5.26 Å². The summed E-state index contributed by atoms with van der Waals surface area (Å²) in [6.07, 6.45) is 0. The highest BCUT2D eigenvalue weighted by atomic mass is 79.9. The zero-order valence-corrected chi connectivity index (χ0v) is 7.68. The summed E-state index contributed by atoms with van der Waals surface area (Å²) in [5, 5.41) is 8.46. The van der Waals surface area contributed by atoms with Crippen LogP contribution in [0.3, 0.4) is 0 Å². The number of nitrogens with two attached hydrogens (primary N) is 1. The van der Waals surface area contributed by atoms with Gasteiger partial charge in [-0.05, 0) is 33.6 Å². The lowest BCUT2D eigenvalue weighted by atomic mass is 10.1. The molecule has 0 spiro atoms. The molecule has 0 aliphatic carbocycles. The molecule has 0 aliphatic rings. The van der Waals surface area contributed by atoms with Crippen molar-refractivity contribution in [1.82, 2.24) is 0 Å². The fraction of sp³-hybridized carbons (Fsp3) is 0.125. The third-order valence-electron chi connectivity index (χ3n) is 1.44. The molecule has 0 bridgehead atoms. The molecule has 0 aromatic heterocycles. The average Bonchev–Trinajstić information content (AvgIpc) is 2.08. The molecule has 0 unspecified atom stereocenters. The third-order valence-corrected chi connectivity index (χ3v) is 2.05. The first-order valence-corrected chi connectivity index (χ1v) is 4.04. The van der Waals surface area contributed by atoms with Crippen LogP contribution in [0.25, 0.3) is 0 Å². The van der Waals surface area contributed by atoms with Crippen LogP contribution in [0.15, 0.2) is 22.7 Å². The largest absolute Gasteiger partial charge is 0.312 e. The van der Waals surface area contributed by atoms with E-state index in [1.807, 2.05) is 6.07 Å². The first-order chi connectivity index (χ1) is 5.65. The predicted molar refractivity (Wildman–Crippen MR) is 46.6 cm³/mol. The van der Waals surface area contributed by atoms with Gasteiger partial charge in [-0.2, -0.15) is 5.26 Å². The Morgan fingerprint density at radius 3 is 2.75 bits per heavy atom. The van der Waals surface area contributed by atoms with Crippen LogP contribution < -0.4 is 5.73 Å². The molecular weight excluding hydrogens is 223 g/mol. The van der Waals surface area contributed by atoms with Crippen LogP contribution in [0.2, 0.25) is 0 Å².